The van der Waals surface area contributed by atoms with E-state index in [2.05, 4.69) is 10.1 Å². The van der Waals surface area contributed by atoms with Gasteiger partial charge in [-0.1, -0.05) is 22.9 Å². The van der Waals surface area contributed by atoms with E-state index < -0.39 is 0 Å². The zero-order valence-corrected chi connectivity index (χ0v) is 16.6. The van der Waals surface area contributed by atoms with Crippen molar-refractivity contribution in [3.05, 3.63) is 35.1 Å². The highest BCUT2D eigenvalue weighted by Crippen LogP contribution is 2.39. The van der Waals surface area contributed by atoms with Gasteiger partial charge in [-0.3, -0.25) is 14.4 Å². The first-order valence-electron chi connectivity index (χ1n) is 8.63. The normalized spacial score (nSPS) is 16.8. The van der Waals surface area contributed by atoms with Crippen LogP contribution in [-0.4, -0.2) is 47.0 Å². The number of hydrogen-bond donors (Lipinski definition) is 0. The highest BCUT2D eigenvalue weighted by atomic mass is 35.5. The minimum atomic E-state index is -0.167. The monoisotopic (exact) mass is 406 g/mol. The molecule has 0 spiro atoms. The molecule has 1 unspecified atom stereocenters. The number of amides is 1. The van der Waals surface area contributed by atoms with E-state index in [0.29, 0.717) is 33.7 Å². The molecule has 2 aromatic heterocycles. The molecular weight excluding hydrogens is 388 g/mol. The van der Waals surface area contributed by atoms with Gasteiger partial charge in [-0.05, 0) is 31.0 Å². The van der Waals surface area contributed by atoms with Crippen LogP contribution in [0.15, 0.2) is 24.4 Å². The number of halogens is 1. The van der Waals surface area contributed by atoms with Crippen LogP contribution in [0.1, 0.15) is 23.3 Å². The lowest BCUT2D eigenvalue weighted by Crippen LogP contribution is -2.38. The molecule has 4 rings (SSSR count). The summed E-state index contributed by atoms with van der Waals surface area (Å²) in [6.07, 6.45) is 3.52. The molecule has 3 heterocycles. The van der Waals surface area contributed by atoms with Crippen molar-refractivity contribution in [3.8, 4) is 5.75 Å². The lowest BCUT2D eigenvalue weighted by atomic mass is 10.2. The number of aromatic nitrogens is 3. The standard InChI is InChI=1S/C18H19ClN4O3S/c1-22-13(7-8-20-22)17(24)23(10-11-4-3-9-26-11)18-21-15-14(25-2)6-5-12(19)16(15)27-18/h5-8,11H,3-4,9-10H2,1-2H3. The van der Waals surface area contributed by atoms with Crippen LogP contribution in [0.25, 0.3) is 10.2 Å². The number of benzene rings is 1. The molecule has 1 fully saturated rings. The molecule has 27 heavy (non-hydrogen) atoms. The number of hydrogen-bond acceptors (Lipinski definition) is 6. The van der Waals surface area contributed by atoms with Crippen LogP contribution < -0.4 is 9.64 Å². The smallest absolute Gasteiger partial charge is 0.278 e. The van der Waals surface area contributed by atoms with E-state index in [4.69, 9.17) is 21.1 Å². The van der Waals surface area contributed by atoms with Crippen molar-refractivity contribution in [2.75, 3.05) is 25.2 Å². The maximum Gasteiger partial charge on any atom is 0.278 e. The molecular formula is C18H19ClN4O3S. The molecule has 0 radical (unpaired) electrons. The Morgan fingerprint density at radius 2 is 2.33 bits per heavy atom. The van der Waals surface area contributed by atoms with Gasteiger partial charge in [-0.2, -0.15) is 5.10 Å². The zero-order chi connectivity index (χ0) is 19.0. The van der Waals surface area contributed by atoms with Crippen LogP contribution in [0.3, 0.4) is 0 Å². The molecule has 1 aromatic carbocycles. The van der Waals surface area contributed by atoms with Crippen molar-refractivity contribution in [2.24, 2.45) is 7.05 Å². The average molecular weight is 407 g/mol. The van der Waals surface area contributed by atoms with Crippen LogP contribution in [0.2, 0.25) is 5.02 Å². The maximum atomic E-state index is 13.2. The number of carbonyl (C=O) groups excluding carboxylic acids is 1. The molecule has 1 atom stereocenters. The Balaban J connectivity index is 1.78. The molecule has 0 aliphatic carbocycles. The molecule has 0 bridgehead atoms. The molecule has 9 heteroatoms. The van der Waals surface area contributed by atoms with Crippen LogP contribution in [0.5, 0.6) is 5.75 Å². The zero-order valence-electron chi connectivity index (χ0n) is 15.0. The van der Waals surface area contributed by atoms with Gasteiger partial charge in [0.1, 0.15) is 17.0 Å². The van der Waals surface area contributed by atoms with E-state index in [0.717, 1.165) is 24.1 Å². The van der Waals surface area contributed by atoms with E-state index >= 15 is 0 Å². The van der Waals surface area contributed by atoms with Crippen molar-refractivity contribution in [1.29, 1.82) is 0 Å². The molecule has 1 saturated heterocycles. The molecule has 1 aliphatic rings. The number of nitrogens with zero attached hydrogens (tertiary/aromatic N) is 4. The van der Waals surface area contributed by atoms with Crippen LogP contribution in [-0.2, 0) is 11.8 Å². The first kappa shape index (κ1) is 18.2. The van der Waals surface area contributed by atoms with Crippen LogP contribution in [0.4, 0.5) is 5.13 Å². The van der Waals surface area contributed by atoms with Crippen LogP contribution >= 0.6 is 22.9 Å². The summed E-state index contributed by atoms with van der Waals surface area (Å²) in [5.41, 5.74) is 1.14. The van der Waals surface area contributed by atoms with Gasteiger partial charge in [0.15, 0.2) is 5.13 Å². The third kappa shape index (κ3) is 3.40. The Morgan fingerprint density at radius 3 is 3.00 bits per heavy atom. The highest BCUT2D eigenvalue weighted by Gasteiger charge is 2.29. The SMILES string of the molecule is COc1ccc(Cl)c2sc(N(CC3CCCO3)C(=O)c3ccnn3C)nc12. The van der Waals surface area contributed by atoms with Crippen molar-refractivity contribution in [3.63, 3.8) is 0 Å². The number of anilines is 1. The number of rotatable bonds is 5. The Labute approximate surface area is 165 Å². The second kappa shape index (κ2) is 7.46. The number of thiazole rings is 1. The van der Waals surface area contributed by atoms with E-state index in [1.165, 1.54) is 11.3 Å². The van der Waals surface area contributed by atoms with Gasteiger partial charge < -0.3 is 9.47 Å². The lowest BCUT2D eigenvalue weighted by Gasteiger charge is -2.23. The quantitative estimate of drug-likeness (QED) is 0.648. The van der Waals surface area contributed by atoms with Gasteiger partial charge in [-0.25, -0.2) is 4.98 Å². The number of fused-ring (bicyclic) bond motifs is 1. The molecule has 0 saturated carbocycles. The predicted molar refractivity (Wildman–Crippen MR) is 105 cm³/mol. The fraction of sp³-hybridized carbons (Fsp3) is 0.389. The second-order valence-corrected chi connectivity index (χ2v) is 7.70. The van der Waals surface area contributed by atoms with Gasteiger partial charge >= 0.3 is 0 Å². The van der Waals surface area contributed by atoms with Gasteiger partial charge in [-0.15, -0.1) is 0 Å². The fourth-order valence-corrected chi connectivity index (χ4v) is 4.45. The minimum Gasteiger partial charge on any atom is -0.494 e. The average Bonchev–Trinajstić information content (AvgIpc) is 3.40. The van der Waals surface area contributed by atoms with Gasteiger partial charge in [0.25, 0.3) is 5.91 Å². The lowest BCUT2D eigenvalue weighted by molar-refractivity contribution is 0.0909. The fourth-order valence-electron chi connectivity index (χ4n) is 3.18. The summed E-state index contributed by atoms with van der Waals surface area (Å²) >= 11 is 7.72. The summed E-state index contributed by atoms with van der Waals surface area (Å²) in [6, 6.07) is 5.26. The van der Waals surface area contributed by atoms with Crippen molar-refractivity contribution < 1.29 is 14.3 Å². The van der Waals surface area contributed by atoms with Gasteiger partial charge in [0, 0.05) is 19.9 Å². The Morgan fingerprint density at radius 1 is 1.48 bits per heavy atom. The molecule has 3 aromatic rings. The van der Waals surface area contributed by atoms with Crippen LogP contribution in [0, 0.1) is 0 Å². The highest BCUT2D eigenvalue weighted by molar-refractivity contribution is 7.23. The van der Waals surface area contributed by atoms with E-state index in [1.807, 2.05) is 0 Å². The number of methoxy groups -OCH3 is 1. The first-order chi connectivity index (χ1) is 13.1. The van der Waals surface area contributed by atoms with Crippen molar-refractivity contribution in [1.82, 2.24) is 14.8 Å². The molecule has 142 valence electrons. The Kier molecular flexibility index (Phi) is 5.03. The van der Waals surface area contributed by atoms with E-state index in [1.54, 1.807) is 48.1 Å². The van der Waals surface area contributed by atoms with E-state index in [9.17, 15) is 4.79 Å². The van der Waals surface area contributed by atoms with Gasteiger partial charge in [0.2, 0.25) is 0 Å². The third-order valence-electron chi connectivity index (χ3n) is 4.59. The van der Waals surface area contributed by atoms with Crippen molar-refractivity contribution >= 4 is 44.2 Å². The molecule has 0 N–H and O–H groups in total. The molecule has 7 nitrogen and oxygen atoms in total. The molecule has 1 aliphatic heterocycles. The second-order valence-electron chi connectivity index (χ2n) is 6.31. The summed E-state index contributed by atoms with van der Waals surface area (Å²) in [5.74, 6) is 0.460. The van der Waals surface area contributed by atoms with Gasteiger partial charge in [0.05, 0.1) is 29.5 Å². The topological polar surface area (TPSA) is 69.5 Å². The number of carbonyl (C=O) groups is 1. The van der Waals surface area contributed by atoms with E-state index in [-0.39, 0.29) is 12.0 Å². The Hall–Kier alpha value is -2.16. The maximum absolute atomic E-state index is 13.2. The Bertz CT molecular complexity index is 980. The summed E-state index contributed by atoms with van der Waals surface area (Å²) in [4.78, 5) is 19.6. The van der Waals surface area contributed by atoms with Crippen molar-refractivity contribution in [2.45, 2.75) is 18.9 Å². The number of aryl methyl sites for hydroxylation is 1. The summed E-state index contributed by atoms with van der Waals surface area (Å²) in [6.45, 7) is 1.15. The number of ether oxygens (including phenoxy) is 2. The summed E-state index contributed by atoms with van der Waals surface area (Å²) < 4.78 is 13.5. The summed E-state index contributed by atoms with van der Waals surface area (Å²) in [5, 5.41) is 5.26. The largest absolute Gasteiger partial charge is 0.494 e. The third-order valence-corrected chi connectivity index (χ3v) is 6.13. The first-order valence-corrected chi connectivity index (χ1v) is 9.82. The minimum absolute atomic E-state index is 0.00782. The summed E-state index contributed by atoms with van der Waals surface area (Å²) in [7, 11) is 3.34. The molecule has 1 amide bonds. The predicted octanol–water partition coefficient (Wildman–Crippen LogP) is 3.52.